The summed E-state index contributed by atoms with van der Waals surface area (Å²) >= 11 is 6.27. The number of nitrogens with one attached hydrogen (secondary N) is 2. The largest absolute Gasteiger partial charge is 0.365 e. The average Bonchev–Trinajstić information content (AvgIpc) is 2.69. The molecule has 4 nitrogen and oxygen atoms in total. The number of anilines is 3. The van der Waals surface area contributed by atoms with Crippen LogP contribution < -0.4 is 10.6 Å². The summed E-state index contributed by atoms with van der Waals surface area (Å²) in [6, 6.07) is 23.9. The second kappa shape index (κ2) is 7.64. The number of para-hydroxylation sites is 1. The molecule has 1 heterocycles. The first-order valence-corrected chi connectivity index (χ1v) is 9.14. The third-order valence-electron chi connectivity index (χ3n) is 4.32. The predicted octanol–water partition coefficient (Wildman–Crippen LogP) is 5.95. The Hall–Kier alpha value is -3.11. The van der Waals surface area contributed by atoms with Gasteiger partial charge in [0.2, 0.25) is 5.95 Å². The van der Waals surface area contributed by atoms with Gasteiger partial charge >= 0.3 is 0 Å². The summed E-state index contributed by atoms with van der Waals surface area (Å²) in [5, 5.41) is 8.40. The molecular formula is C22H19ClN4. The number of aromatic nitrogens is 2. The van der Waals surface area contributed by atoms with Crippen LogP contribution >= 0.6 is 11.6 Å². The number of hydrogen-bond donors (Lipinski definition) is 2. The van der Waals surface area contributed by atoms with Crippen LogP contribution in [0.5, 0.6) is 0 Å². The van der Waals surface area contributed by atoms with Crippen molar-refractivity contribution >= 4 is 40.0 Å². The fourth-order valence-corrected chi connectivity index (χ4v) is 3.06. The highest BCUT2D eigenvalue weighted by Gasteiger charge is 2.08. The molecule has 1 aromatic heterocycles. The summed E-state index contributed by atoms with van der Waals surface area (Å²) in [6.45, 7) is 2.65. The third kappa shape index (κ3) is 4.01. The fourth-order valence-electron chi connectivity index (χ4n) is 2.85. The molecule has 0 unspecified atom stereocenters. The van der Waals surface area contributed by atoms with E-state index in [0.29, 0.717) is 12.5 Å². The Kier molecular flexibility index (Phi) is 4.90. The first kappa shape index (κ1) is 17.3. The van der Waals surface area contributed by atoms with E-state index in [2.05, 4.69) is 39.7 Å². The van der Waals surface area contributed by atoms with Crippen LogP contribution in [0.1, 0.15) is 11.1 Å². The van der Waals surface area contributed by atoms with Crippen LogP contribution in [0.25, 0.3) is 10.9 Å². The zero-order chi connectivity index (χ0) is 18.6. The molecule has 0 amide bonds. The van der Waals surface area contributed by atoms with Crippen LogP contribution in [0.4, 0.5) is 17.5 Å². The van der Waals surface area contributed by atoms with Crippen LogP contribution in [0.3, 0.4) is 0 Å². The zero-order valence-electron chi connectivity index (χ0n) is 14.9. The third-order valence-corrected chi connectivity index (χ3v) is 4.68. The average molecular weight is 375 g/mol. The van der Waals surface area contributed by atoms with Gasteiger partial charge in [-0.25, -0.2) is 4.98 Å². The number of aryl methyl sites for hydroxylation is 1. The molecule has 5 heteroatoms. The Balaban J connectivity index is 1.66. The topological polar surface area (TPSA) is 49.8 Å². The molecule has 27 heavy (non-hydrogen) atoms. The molecule has 0 aliphatic rings. The Morgan fingerprint density at radius 1 is 0.852 bits per heavy atom. The molecule has 0 saturated carbocycles. The second-order valence-electron chi connectivity index (χ2n) is 6.35. The van der Waals surface area contributed by atoms with Crippen molar-refractivity contribution in [3.63, 3.8) is 0 Å². The Bertz CT molecular complexity index is 1080. The molecule has 134 valence electrons. The van der Waals surface area contributed by atoms with Crippen molar-refractivity contribution in [1.29, 1.82) is 0 Å². The Morgan fingerprint density at radius 2 is 1.59 bits per heavy atom. The molecule has 0 aliphatic heterocycles. The van der Waals surface area contributed by atoms with E-state index < -0.39 is 0 Å². The minimum absolute atomic E-state index is 0.555. The van der Waals surface area contributed by atoms with Crippen molar-refractivity contribution in [2.24, 2.45) is 0 Å². The van der Waals surface area contributed by atoms with Gasteiger partial charge in [0.25, 0.3) is 0 Å². The van der Waals surface area contributed by atoms with Gasteiger partial charge in [0.1, 0.15) is 5.82 Å². The highest BCUT2D eigenvalue weighted by atomic mass is 35.5. The van der Waals surface area contributed by atoms with Crippen LogP contribution in [0.15, 0.2) is 72.8 Å². The van der Waals surface area contributed by atoms with Crippen molar-refractivity contribution < 1.29 is 0 Å². The highest BCUT2D eigenvalue weighted by Crippen LogP contribution is 2.25. The van der Waals surface area contributed by atoms with Crippen molar-refractivity contribution in [3.8, 4) is 0 Å². The molecule has 3 aromatic carbocycles. The van der Waals surface area contributed by atoms with Crippen LogP contribution in [-0.4, -0.2) is 9.97 Å². The van der Waals surface area contributed by atoms with E-state index in [1.165, 1.54) is 5.56 Å². The number of fused-ring (bicyclic) bond motifs is 1. The van der Waals surface area contributed by atoms with Gasteiger partial charge in [-0.1, -0.05) is 59.6 Å². The van der Waals surface area contributed by atoms with Gasteiger partial charge in [0.05, 0.1) is 5.52 Å². The van der Waals surface area contributed by atoms with Crippen molar-refractivity contribution in [1.82, 2.24) is 9.97 Å². The molecule has 0 spiro atoms. The number of halogens is 1. The van der Waals surface area contributed by atoms with E-state index in [9.17, 15) is 0 Å². The van der Waals surface area contributed by atoms with Gasteiger partial charge in [-0.15, -0.1) is 0 Å². The van der Waals surface area contributed by atoms with E-state index in [1.807, 2.05) is 60.7 Å². The van der Waals surface area contributed by atoms with E-state index in [0.717, 1.165) is 33.0 Å². The molecule has 0 fully saturated rings. The molecule has 2 N–H and O–H groups in total. The Morgan fingerprint density at radius 3 is 2.41 bits per heavy atom. The molecule has 0 aliphatic carbocycles. The molecule has 0 atom stereocenters. The maximum absolute atomic E-state index is 6.27. The summed E-state index contributed by atoms with van der Waals surface area (Å²) in [5.41, 5.74) is 4.06. The van der Waals surface area contributed by atoms with Crippen LogP contribution in [0.2, 0.25) is 5.02 Å². The quantitative estimate of drug-likeness (QED) is 0.453. The van der Waals surface area contributed by atoms with E-state index >= 15 is 0 Å². The van der Waals surface area contributed by atoms with Gasteiger partial charge in [-0.3, -0.25) is 0 Å². The summed E-state index contributed by atoms with van der Waals surface area (Å²) in [6.07, 6.45) is 0. The van der Waals surface area contributed by atoms with Gasteiger partial charge in [-0.05, 0) is 42.8 Å². The van der Waals surface area contributed by atoms with E-state index in [-0.39, 0.29) is 0 Å². The summed E-state index contributed by atoms with van der Waals surface area (Å²) in [7, 11) is 0. The smallest absolute Gasteiger partial charge is 0.229 e. The molecule has 0 radical (unpaired) electrons. The number of rotatable bonds is 5. The SMILES string of the molecule is Cc1ccc(Nc2nc(NCc3ccccc3Cl)c3ccccc3n2)cc1. The summed E-state index contributed by atoms with van der Waals surface area (Å²) in [4.78, 5) is 9.32. The minimum atomic E-state index is 0.555. The van der Waals surface area contributed by atoms with Crippen LogP contribution in [0, 0.1) is 6.92 Å². The predicted molar refractivity (Wildman–Crippen MR) is 113 cm³/mol. The lowest BCUT2D eigenvalue weighted by Crippen LogP contribution is -2.06. The lowest BCUT2D eigenvalue weighted by Gasteiger charge is -2.12. The molecule has 0 saturated heterocycles. The van der Waals surface area contributed by atoms with Gasteiger partial charge < -0.3 is 10.6 Å². The number of benzene rings is 3. The molecule has 4 rings (SSSR count). The van der Waals surface area contributed by atoms with E-state index in [1.54, 1.807) is 0 Å². The molecular weight excluding hydrogens is 356 g/mol. The number of nitrogens with zero attached hydrogens (tertiary/aromatic N) is 2. The van der Waals surface area contributed by atoms with Crippen molar-refractivity contribution in [2.75, 3.05) is 10.6 Å². The lowest BCUT2D eigenvalue weighted by atomic mass is 10.2. The first-order valence-electron chi connectivity index (χ1n) is 8.77. The first-order chi connectivity index (χ1) is 13.2. The highest BCUT2D eigenvalue weighted by molar-refractivity contribution is 6.31. The zero-order valence-corrected chi connectivity index (χ0v) is 15.7. The van der Waals surface area contributed by atoms with E-state index in [4.69, 9.17) is 11.6 Å². The maximum Gasteiger partial charge on any atom is 0.229 e. The lowest BCUT2D eigenvalue weighted by molar-refractivity contribution is 1.10. The summed E-state index contributed by atoms with van der Waals surface area (Å²) in [5.74, 6) is 1.33. The monoisotopic (exact) mass is 374 g/mol. The second-order valence-corrected chi connectivity index (χ2v) is 6.76. The minimum Gasteiger partial charge on any atom is -0.365 e. The normalized spacial score (nSPS) is 10.7. The molecule has 0 bridgehead atoms. The number of hydrogen-bond acceptors (Lipinski definition) is 4. The van der Waals surface area contributed by atoms with Gasteiger partial charge in [-0.2, -0.15) is 4.98 Å². The molecule has 4 aromatic rings. The van der Waals surface area contributed by atoms with Gasteiger partial charge in [0, 0.05) is 22.6 Å². The Labute approximate surface area is 163 Å². The standard InChI is InChI=1S/C22H19ClN4/c1-15-10-12-17(13-11-15)25-22-26-20-9-5-3-7-18(20)21(27-22)24-14-16-6-2-4-8-19(16)23/h2-13H,14H2,1H3,(H2,24,25,26,27). The fraction of sp³-hybridized carbons (Fsp3) is 0.0909. The van der Waals surface area contributed by atoms with Crippen LogP contribution in [-0.2, 0) is 6.54 Å². The maximum atomic E-state index is 6.27. The van der Waals surface area contributed by atoms with Gasteiger partial charge in [0.15, 0.2) is 0 Å². The van der Waals surface area contributed by atoms with Crippen molar-refractivity contribution in [2.45, 2.75) is 13.5 Å². The summed E-state index contributed by atoms with van der Waals surface area (Å²) < 4.78 is 0. The van der Waals surface area contributed by atoms with Crippen molar-refractivity contribution in [3.05, 3.63) is 88.9 Å².